The van der Waals surface area contributed by atoms with Crippen LogP contribution in [0.2, 0.25) is 0 Å². The molecule has 90 valence electrons. The van der Waals surface area contributed by atoms with E-state index in [-0.39, 0.29) is 0 Å². The van der Waals surface area contributed by atoms with E-state index >= 15 is 0 Å². The molecule has 0 fully saturated rings. The van der Waals surface area contributed by atoms with Gasteiger partial charge >= 0.3 is 0 Å². The molecule has 0 aromatic heterocycles. The van der Waals surface area contributed by atoms with Crippen molar-refractivity contribution in [2.24, 2.45) is 0 Å². The summed E-state index contributed by atoms with van der Waals surface area (Å²) in [5.74, 6) is 2.87. The molecule has 0 aliphatic heterocycles. The van der Waals surface area contributed by atoms with E-state index < -0.39 is 4.67 Å². The maximum atomic E-state index is 5.97. The SMILES string of the molecule is CCSP(=S)(Oc1ccc(Br)cc1)SCC. The molecule has 0 aliphatic rings. The van der Waals surface area contributed by atoms with Gasteiger partial charge in [-0.1, -0.05) is 52.5 Å². The van der Waals surface area contributed by atoms with Gasteiger partial charge in [0.05, 0.1) is 0 Å². The Bertz CT molecular complexity index is 359. The van der Waals surface area contributed by atoms with Gasteiger partial charge in [0, 0.05) is 4.47 Å². The van der Waals surface area contributed by atoms with Gasteiger partial charge in [0.2, 0.25) is 4.67 Å². The fourth-order valence-electron chi connectivity index (χ4n) is 1.03. The summed E-state index contributed by atoms with van der Waals surface area (Å²) in [6.07, 6.45) is 0. The first-order valence-corrected chi connectivity index (χ1v) is 11.6. The molecule has 0 amide bonds. The Labute approximate surface area is 119 Å². The molecule has 0 saturated heterocycles. The summed E-state index contributed by atoms with van der Waals surface area (Å²) >= 11 is 12.5. The Morgan fingerprint density at radius 2 is 1.69 bits per heavy atom. The smallest absolute Gasteiger partial charge is 0.222 e. The maximum Gasteiger partial charge on any atom is 0.222 e. The molecular weight excluding hydrogens is 343 g/mol. The van der Waals surface area contributed by atoms with E-state index in [0.717, 1.165) is 21.7 Å². The van der Waals surface area contributed by atoms with E-state index in [1.807, 2.05) is 24.3 Å². The number of rotatable bonds is 6. The van der Waals surface area contributed by atoms with Crippen LogP contribution in [0, 0.1) is 0 Å². The lowest BCUT2D eigenvalue weighted by atomic mass is 10.3. The van der Waals surface area contributed by atoms with E-state index in [1.54, 1.807) is 22.8 Å². The van der Waals surface area contributed by atoms with Gasteiger partial charge in [-0.25, -0.2) is 0 Å². The molecule has 0 unspecified atom stereocenters. The molecule has 0 atom stereocenters. The Morgan fingerprint density at radius 3 is 2.12 bits per heavy atom. The number of hydrogen-bond donors (Lipinski definition) is 0. The predicted octanol–water partition coefficient (Wildman–Crippen LogP) is 5.56. The van der Waals surface area contributed by atoms with E-state index in [1.165, 1.54) is 0 Å². The third kappa shape index (κ3) is 5.01. The summed E-state index contributed by atoms with van der Waals surface area (Å²) in [4.78, 5) is 0. The van der Waals surface area contributed by atoms with Crippen LogP contribution in [0.25, 0.3) is 0 Å². The van der Waals surface area contributed by atoms with Gasteiger partial charge in [-0.3, -0.25) is 0 Å². The Kier molecular flexibility index (Phi) is 6.82. The minimum atomic E-state index is -1.80. The normalized spacial score (nSPS) is 11.4. The minimum Gasteiger partial charge on any atom is -0.448 e. The Morgan fingerprint density at radius 1 is 1.19 bits per heavy atom. The number of halogens is 1. The summed E-state index contributed by atoms with van der Waals surface area (Å²) in [6, 6.07) is 7.86. The first-order valence-electron chi connectivity index (χ1n) is 4.94. The van der Waals surface area contributed by atoms with Gasteiger partial charge < -0.3 is 4.52 Å². The van der Waals surface area contributed by atoms with Crippen molar-refractivity contribution in [3.05, 3.63) is 28.7 Å². The van der Waals surface area contributed by atoms with Crippen LogP contribution in [0.5, 0.6) is 5.75 Å². The van der Waals surface area contributed by atoms with Crippen molar-refractivity contribution in [3.63, 3.8) is 0 Å². The van der Waals surface area contributed by atoms with Gasteiger partial charge in [-0.05, 0) is 47.6 Å². The molecule has 0 bridgehead atoms. The van der Waals surface area contributed by atoms with E-state index in [0.29, 0.717) is 0 Å². The molecule has 0 spiro atoms. The predicted molar refractivity (Wildman–Crippen MR) is 85.3 cm³/mol. The van der Waals surface area contributed by atoms with Crippen molar-refractivity contribution in [1.82, 2.24) is 0 Å². The van der Waals surface area contributed by atoms with Crippen LogP contribution in [0.4, 0.5) is 0 Å². The topological polar surface area (TPSA) is 9.23 Å². The van der Waals surface area contributed by atoms with Crippen molar-refractivity contribution in [2.45, 2.75) is 13.8 Å². The molecule has 0 saturated carbocycles. The molecule has 1 aromatic rings. The molecule has 0 N–H and O–H groups in total. The van der Waals surface area contributed by atoms with E-state index in [2.05, 4.69) is 29.8 Å². The molecule has 1 aromatic carbocycles. The van der Waals surface area contributed by atoms with Gasteiger partial charge in [-0.2, -0.15) is 0 Å². The van der Waals surface area contributed by atoms with Crippen molar-refractivity contribution >= 4 is 55.2 Å². The second-order valence-corrected chi connectivity index (χ2v) is 14.7. The summed E-state index contributed by atoms with van der Waals surface area (Å²) in [6.45, 7) is 4.24. The largest absolute Gasteiger partial charge is 0.448 e. The molecule has 0 aliphatic carbocycles. The zero-order chi connectivity index (χ0) is 12.0. The Balaban J connectivity index is 2.75. The molecule has 0 radical (unpaired) electrons. The van der Waals surface area contributed by atoms with E-state index in [4.69, 9.17) is 16.3 Å². The third-order valence-electron chi connectivity index (χ3n) is 1.61. The average molecular weight is 357 g/mol. The summed E-state index contributed by atoms with van der Waals surface area (Å²) in [5, 5.41) is 0. The highest BCUT2D eigenvalue weighted by atomic mass is 79.9. The average Bonchev–Trinajstić information content (AvgIpc) is 2.22. The van der Waals surface area contributed by atoms with Crippen LogP contribution < -0.4 is 4.52 Å². The Hall–Kier alpha value is 0.850. The van der Waals surface area contributed by atoms with Crippen LogP contribution in [0.15, 0.2) is 28.7 Å². The molecule has 1 rings (SSSR count). The van der Waals surface area contributed by atoms with Crippen molar-refractivity contribution in [1.29, 1.82) is 0 Å². The first kappa shape index (κ1) is 14.9. The quantitative estimate of drug-likeness (QED) is 0.616. The van der Waals surface area contributed by atoms with Gasteiger partial charge in [-0.15, -0.1) is 0 Å². The molecule has 16 heavy (non-hydrogen) atoms. The molecular formula is C10H14BrOPS3. The van der Waals surface area contributed by atoms with Crippen LogP contribution in [0.1, 0.15) is 13.8 Å². The zero-order valence-corrected chi connectivity index (χ0v) is 14.1. The van der Waals surface area contributed by atoms with Gasteiger partial charge in [0.1, 0.15) is 5.75 Å². The maximum absolute atomic E-state index is 5.97. The zero-order valence-electron chi connectivity index (χ0n) is 9.18. The molecule has 6 heteroatoms. The summed E-state index contributed by atoms with van der Waals surface area (Å²) in [5.41, 5.74) is 0. The van der Waals surface area contributed by atoms with Crippen LogP contribution in [0.3, 0.4) is 0 Å². The summed E-state index contributed by atoms with van der Waals surface area (Å²) in [7, 11) is 0. The molecule has 1 nitrogen and oxygen atoms in total. The fraction of sp³-hybridized carbons (Fsp3) is 0.400. The highest BCUT2D eigenvalue weighted by Gasteiger charge is 2.19. The van der Waals surface area contributed by atoms with Crippen LogP contribution >= 0.6 is 43.4 Å². The lowest BCUT2D eigenvalue weighted by Crippen LogP contribution is -1.87. The highest BCUT2D eigenvalue weighted by Crippen LogP contribution is 2.69. The van der Waals surface area contributed by atoms with Crippen molar-refractivity contribution < 1.29 is 4.52 Å². The second kappa shape index (κ2) is 7.32. The first-order chi connectivity index (χ1) is 7.59. The monoisotopic (exact) mass is 356 g/mol. The minimum absolute atomic E-state index is 0.869. The van der Waals surface area contributed by atoms with Crippen LogP contribution in [-0.2, 0) is 11.8 Å². The van der Waals surface area contributed by atoms with Crippen LogP contribution in [-0.4, -0.2) is 11.5 Å². The van der Waals surface area contributed by atoms with Crippen molar-refractivity contribution in [2.75, 3.05) is 11.5 Å². The standard InChI is InChI=1S/C10H14BrOPS3/c1-3-15-13(14,16-4-2)12-10-7-5-9(11)6-8-10/h5-8H,3-4H2,1-2H3. The van der Waals surface area contributed by atoms with Gasteiger partial charge in [0.25, 0.3) is 0 Å². The van der Waals surface area contributed by atoms with Crippen molar-refractivity contribution in [3.8, 4) is 5.75 Å². The van der Waals surface area contributed by atoms with Gasteiger partial charge in [0.15, 0.2) is 0 Å². The lowest BCUT2D eigenvalue weighted by Gasteiger charge is -2.20. The number of benzene rings is 1. The highest BCUT2D eigenvalue weighted by molar-refractivity contribution is 9.10. The second-order valence-electron chi connectivity index (χ2n) is 2.83. The lowest BCUT2D eigenvalue weighted by molar-refractivity contribution is 0.637. The van der Waals surface area contributed by atoms with E-state index in [9.17, 15) is 0 Å². The summed E-state index contributed by atoms with van der Waals surface area (Å²) < 4.78 is 5.22. The number of hydrogen-bond acceptors (Lipinski definition) is 4. The third-order valence-corrected chi connectivity index (χ3v) is 11.6. The molecule has 0 heterocycles. The fourth-order valence-corrected chi connectivity index (χ4v) is 10.2.